The number of non-ortho nitro benzene ring substituents is 1. The van der Waals surface area contributed by atoms with Gasteiger partial charge in [-0.3, -0.25) is 10.1 Å². The fourth-order valence-electron chi connectivity index (χ4n) is 1.54. The lowest BCUT2D eigenvalue weighted by atomic mass is 10.2. The maximum absolute atomic E-state index is 10.9. The Balaban J connectivity index is 2.21. The molecule has 18 heavy (non-hydrogen) atoms. The summed E-state index contributed by atoms with van der Waals surface area (Å²) in [6.07, 6.45) is 2.67. The van der Waals surface area contributed by atoms with Crippen LogP contribution in [0.3, 0.4) is 0 Å². The zero-order valence-corrected chi connectivity index (χ0v) is 9.18. The molecule has 0 bridgehead atoms. The SMILES string of the molecule is O=C(O)c1cncn1Cc1ccc([N+](=O)[O-])cc1. The molecular weight excluding hydrogens is 238 g/mol. The molecule has 0 aliphatic carbocycles. The lowest BCUT2D eigenvalue weighted by Crippen LogP contribution is -2.08. The number of carboxylic acids is 1. The van der Waals surface area contributed by atoms with Crippen LogP contribution in [0.5, 0.6) is 0 Å². The maximum atomic E-state index is 10.9. The number of hydrogen-bond donors (Lipinski definition) is 1. The van der Waals surface area contributed by atoms with E-state index in [-0.39, 0.29) is 11.4 Å². The molecule has 0 unspecified atom stereocenters. The van der Waals surface area contributed by atoms with Crippen molar-refractivity contribution >= 4 is 11.7 Å². The minimum Gasteiger partial charge on any atom is -0.477 e. The number of imidazole rings is 1. The van der Waals surface area contributed by atoms with Gasteiger partial charge in [0, 0.05) is 18.7 Å². The van der Waals surface area contributed by atoms with Crippen molar-refractivity contribution in [2.75, 3.05) is 0 Å². The molecule has 1 N–H and O–H groups in total. The molecule has 7 nitrogen and oxygen atoms in total. The second-order valence-corrected chi connectivity index (χ2v) is 3.64. The first kappa shape index (κ1) is 11.8. The van der Waals surface area contributed by atoms with Crippen LogP contribution in [0.1, 0.15) is 16.1 Å². The Morgan fingerprint density at radius 3 is 2.61 bits per heavy atom. The Morgan fingerprint density at radius 1 is 1.39 bits per heavy atom. The standard InChI is InChI=1S/C11H9N3O4/c15-11(16)10-5-12-7-13(10)6-8-1-3-9(4-2-8)14(17)18/h1-5,7H,6H2,(H,15,16). The van der Waals surface area contributed by atoms with Gasteiger partial charge in [-0.2, -0.15) is 0 Å². The molecule has 0 aliphatic rings. The zero-order valence-electron chi connectivity index (χ0n) is 9.18. The number of aromatic nitrogens is 2. The summed E-state index contributed by atoms with van der Waals surface area (Å²) >= 11 is 0. The molecule has 0 saturated heterocycles. The third kappa shape index (κ3) is 2.34. The summed E-state index contributed by atoms with van der Waals surface area (Å²) in [4.78, 5) is 24.6. The number of nitro benzene ring substituents is 1. The number of nitro groups is 1. The van der Waals surface area contributed by atoms with Crippen molar-refractivity contribution in [3.8, 4) is 0 Å². The zero-order chi connectivity index (χ0) is 13.1. The van der Waals surface area contributed by atoms with E-state index in [4.69, 9.17) is 5.11 Å². The second-order valence-electron chi connectivity index (χ2n) is 3.64. The Hall–Kier alpha value is -2.70. The lowest BCUT2D eigenvalue weighted by Gasteiger charge is -2.04. The van der Waals surface area contributed by atoms with Crippen molar-refractivity contribution in [1.29, 1.82) is 0 Å². The highest BCUT2D eigenvalue weighted by atomic mass is 16.6. The van der Waals surface area contributed by atoms with E-state index < -0.39 is 10.9 Å². The van der Waals surface area contributed by atoms with Gasteiger partial charge in [-0.1, -0.05) is 12.1 Å². The van der Waals surface area contributed by atoms with Gasteiger partial charge in [0.1, 0.15) is 5.69 Å². The highest BCUT2D eigenvalue weighted by Gasteiger charge is 2.10. The predicted octanol–water partition coefficient (Wildman–Crippen LogP) is 1.54. The first-order chi connectivity index (χ1) is 8.58. The van der Waals surface area contributed by atoms with Crippen LogP contribution in [-0.2, 0) is 6.54 Å². The normalized spacial score (nSPS) is 10.2. The van der Waals surface area contributed by atoms with E-state index in [2.05, 4.69) is 4.98 Å². The molecule has 2 aromatic rings. The largest absolute Gasteiger partial charge is 0.477 e. The smallest absolute Gasteiger partial charge is 0.354 e. The van der Waals surface area contributed by atoms with Crippen molar-refractivity contribution in [3.63, 3.8) is 0 Å². The van der Waals surface area contributed by atoms with Crippen molar-refractivity contribution in [3.05, 3.63) is 58.2 Å². The average Bonchev–Trinajstić information content (AvgIpc) is 2.78. The molecule has 1 aromatic heterocycles. The molecule has 0 fully saturated rings. The van der Waals surface area contributed by atoms with Gasteiger partial charge in [0.2, 0.25) is 0 Å². The quantitative estimate of drug-likeness (QED) is 0.652. The number of aromatic carboxylic acids is 1. The second kappa shape index (κ2) is 4.66. The molecule has 0 spiro atoms. The van der Waals surface area contributed by atoms with Crippen LogP contribution in [0.2, 0.25) is 0 Å². The van der Waals surface area contributed by atoms with Crippen LogP contribution in [0, 0.1) is 10.1 Å². The minimum atomic E-state index is -1.06. The number of benzene rings is 1. The molecule has 7 heteroatoms. The molecule has 0 aliphatic heterocycles. The van der Waals surface area contributed by atoms with Gasteiger partial charge in [0.15, 0.2) is 0 Å². The van der Waals surface area contributed by atoms with Gasteiger partial charge in [0.05, 0.1) is 17.4 Å². The van der Waals surface area contributed by atoms with Gasteiger partial charge < -0.3 is 9.67 Å². The lowest BCUT2D eigenvalue weighted by molar-refractivity contribution is -0.384. The first-order valence-corrected chi connectivity index (χ1v) is 5.04. The molecule has 0 radical (unpaired) electrons. The van der Waals surface area contributed by atoms with Gasteiger partial charge in [-0.25, -0.2) is 9.78 Å². The molecule has 2 rings (SSSR count). The highest BCUT2D eigenvalue weighted by molar-refractivity contribution is 5.85. The van der Waals surface area contributed by atoms with Crippen molar-refractivity contribution in [2.24, 2.45) is 0 Å². The molecule has 0 amide bonds. The molecular formula is C11H9N3O4. The summed E-state index contributed by atoms with van der Waals surface area (Å²) in [5, 5.41) is 19.4. The van der Waals surface area contributed by atoms with Gasteiger partial charge in [0.25, 0.3) is 5.69 Å². The molecule has 92 valence electrons. The third-order valence-corrected chi connectivity index (χ3v) is 2.43. The van der Waals surface area contributed by atoms with Crippen LogP contribution in [0.4, 0.5) is 5.69 Å². The van der Waals surface area contributed by atoms with E-state index >= 15 is 0 Å². The summed E-state index contributed by atoms with van der Waals surface area (Å²) in [5.41, 5.74) is 0.845. The van der Waals surface area contributed by atoms with Crippen LogP contribution >= 0.6 is 0 Å². The maximum Gasteiger partial charge on any atom is 0.354 e. The van der Waals surface area contributed by atoms with E-state index in [0.717, 1.165) is 5.56 Å². The van der Waals surface area contributed by atoms with Gasteiger partial charge >= 0.3 is 5.97 Å². The Morgan fingerprint density at radius 2 is 2.06 bits per heavy atom. The monoisotopic (exact) mass is 247 g/mol. The van der Waals surface area contributed by atoms with E-state index in [9.17, 15) is 14.9 Å². The fraction of sp³-hybridized carbons (Fsp3) is 0.0909. The Kier molecular flexibility index (Phi) is 3.05. The van der Waals surface area contributed by atoms with Gasteiger partial charge in [-0.15, -0.1) is 0 Å². The number of hydrogen-bond acceptors (Lipinski definition) is 4. The number of carboxylic acid groups (broad SMARTS) is 1. The topological polar surface area (TPSA) is 98.3 Å². The number of carbonyl (C=O) groups is 1. The summed E-state index contributed by atoms with van der Waals surface area (Å²) in [6.45, 7) is 0.305. The number of rotatable bonds is 4. The molecule has 1 aromatic carbocycles. The van der Waals surface area contributed by atoms with E-state index in [0.29, 0.717) is 6.54 Å². The fourth-order valence-corrected chi connectivity index (χ4v) is 1.54. The minimum absolute atomic E-state index is 0.00263. The third-order valence-electron chi connectivity index (χ3n) is 2.43. The Bertz CT molecular complexity index is 589. The predicted molar refractivity (Wildman–Crippen MR) is 61.4 cm³/mol. The van der Waals surface area contributed by atoms with Crippen LogP contribution < -0.4 is 0 Å². The Labute approximate surface area is 101 Å². The summed E-state index contributed by atoms with van der Waals surface area (Å²) < 4.78 is 1.46. The van der Waals surface area contributed by atoms with Crippen molar-refractivity contribution in [1.82, 2.24) is 9.55 Å². The summed E-state index contributed by atoms with van der Waals surface area (Å²) in [7, 11) is 0. The van der Waals surface area contributed by atoms with Crippen molar-refractivity contribution in [2.45, 2.75) is 6.54 Å². The van der Waals surface area contributed by atoms with Crippen molar-refractivity contribution < 1.29 is 14.8 Å². The molecule has 0 atom stereocenters. The van der Waals surface area contributed by atoms with Crippen LogP contribution in [-0.4, -0.2) is 25.6 Å². The molecule has 0 saturated carbocycles. The summed E-state index contributed by atoms with van der Waals surface area (Å²) in [6, 6.07) is 5.94. The molecule has 1 heterocycles. The van der Waals surface area contributed by atoms with Gasteiger partial charge in [-0.05, 0) is 5.56 Å². The van der Waals surface area contributed by atoms with Crippen LogP contribution in [0.25, 0.3) is 0 Å². The average molecular weight is 247 g/mol. The van der Waals surface area contributed by atoms with Crippen LogP contribution in [0.15, 0.2) is 36.8 Å². The summed E-state index contributed by atoms with van der Waals surface area (Å²) in [5.74, 6) is -1.06. The van der Waals surface area contributed by atoms with E-state index in [1.165, 1.54) is 29.2 Å². The van der Waals surface area contributed by atoms with E-state index in [1.54, 1.807) is 12.1 Å². The highest BCUT2D eigenvalue weighted by Crippen LogP contribution is 2.13. The first-order valence-electron chi connectivity index (χ1n) is 5.04. The number of nitrogens with zero attached hydrogens (tertiary/aromatic N) is 3. The van der Waals surface area contributed by atoms with E-state index in [1.807, 2.05) is 0 Å².